The number of anilines is 1. The summed E-state index contributed by atoms with van der Waals surface area (Å²) >= 11 is 0. The molecule has 0 amide bonds. The number of pyridine rings is 1. The van der Waals surface area contributed by atoms with E-state index in [0.717, 1.165) is 11.3 Å². The lowest BCUT2D eigenvalue weighted by atomic mass is 10.0. The maximum absolute atomic E-state index is 13.9. The fraction of sp³-hybridized carbons (Fsp3) is 0.267. The van der Waals surface area contributed by atoms with Gasteiger partial charge < -0.3 is 10.6 Å². The monoisotopic (exact) mass is 259 g/mol. The average Bonchev–Trinajstić information content (AvgIpc) is 2.39. The topological polar surface area (TPSA) is 42.1 Å². The number of aromatic nitrogens is 1. The molecule has 2 rings (SSSR count). The molecule has 100 valence electrons. The molecule has 1 aromatic heterocycles. The summed E-state index contributed by atoms with van der Waals surface area (Å²) in [7, 11) is 1.93. The molecule has 0 saturated carbocycles. The number of halogens is 1. The fourth-order valence-electron chi connectivity index (χ4n) is 2.16. The lowest BCUT2D eigenvalue weighted by molar-refractivity contribution is 0.592. The first-order valence-electron chi connectivity index (χ1n) is 6.23. The van der Waals surface area contributed by atoms with Crippen LogP contribution in [-0.4, -0.2) is 12.0 Å². The van der Waals surface area contributed by atoms with Crippen LogP contribution in [-0.2, 0) is 6.54 Å². The molecule has 0 radical (unpaired) electrons. The molecule has 2 aromatic rings. The van der Waals surface area contributed by atoms with Crippen molar-refractivity contribution < 1.29 is 4.39 Å². The molecule has 0 aliphatic rings. The first kappa shape index (κ1) is 13.5. The highest BCUT2D eigenvalue weighted by molar-refractivity contribution is 5.55. The predicted octanol–water partition coefficient (Wildman–Crippen LogP) is 2.88. The molecule has 0 saturated heterocycles. The van der Waals surface area contributed by atoms with Gasteiger partial charge in [-0.05, 0) is 36.8 Å². The van der Waals surface area contributed by atoms with Crippen LogP contribution in [0, 0.1) is 5.82 Å². The van der Waals surface area contributed by atoms with Crippen LogP contribution in [0.5, 0.6) is 0 Å². The van der Waals surface area contributed by atoms with Crippen LogP contribution in [0.1, 0.15) is 24.1 Å². The SMILES string of the molecule is CC(N)c1c(F)cccc1N(C)Cc1ccncc1. The van der Waals surface area contributed by atoms with Crippen molar-refractivity contribution in [3.8, 4) is 0 Å². The normalized spacial score (nSPS) is 12.2. The maximum atomic E-state index is 13.9. The Morgan fingerprint density at radius 3 is 2.58 bits per heavy atom. The third kappa shape index (κ3) is 3.09. The van der Waals surface area contributed by atoms with Gasteiger partial charge in [0.2, 0.25) is 0 Å². The lowest BCUT2D eigenvalue weighted by Crippen LogP contribution is -2.21. The van der Waals surface area contributed by atoms with Crippen molar-refractivity contribution in [3.05, 3.63) is 59.7 Å². The molecule has 3 nitrogen and oxygen atoms in total. The summed E-state index contributed by atoms with van der Waals surface area (Å²) in [6.07, 6.45) is 3.50. The van der Waals surface area contributed by atoms with Crippen molar-refractivity contribution in [3.63, 3.8) is 0 Å². The third-order valence-electron chi connectivity index (χ3n) is 3.07. The number of nitrogens with zero attached hydrogens (tertiary/aromatic N) is 2. The Bertz CT molecular complexity index is 540. The average molecular weight is 259 g/mol. The number of hydrogen-bond acceptors (Lipinski definition) is 3. The summed E-state index contributed by atoms with van der Waals surface area (Å²) in [6.45, 7) is 2.48. The molecule has 1 unspecified atom stereocenters. The quantitative estimate of drug-likeness (QED) is 0.918. The molecule has 1 atom stereocenters. The van der Waals surface area contributed by atoms with E-state index in [1.165, 1.54) is 6.07 Å². The Labute approximate surface area is 112 Å². The zero-order valence-corrected chi connectivity index (χ0v) is 11.2. The van der Waals surface area contributed by atoms with Crippen molar-refractivity contribution in [1.29, 1.82) is 0 Å². The fourth-order valence-corrected chi connectivity index (χ4v) is 2.16. The van der Waals surface area contributed by atoms with E-state index >= 15 is 0 Å². The third-order valence-corrected chi connectivity index (χ3v) is 3.07. The largest absolute Gasteiger partial charge is 0.370 e. The maximum Gasteiger partial charge on any atom is 0.130 e. The molecule has 4 heteroatoms. The van der Waals surface area contributed by atoms with Gasteiger partial charge >= 0.3 is 0 Å². The summed E-state index contributed by atoms with van der Waals surface area (Å²) in [4.78, 5) is 5.98. The van der Waals surface area contributed by atoms with E-state index in [4.69, 9.17) is 5.73 Å². The minimum absolute atomic E-state index is 0.255. The molecule has 2 N–H and O–H groups in total. The van der Waals surface area contributed by atoms with E-state index in [0.29, 0.717) is 12.1 Å². The Kier molecular flexibility index (Phi) is 4.12. The Morgan fingerprint density at radius 1 is 1.26 bits per heavy atom. The summed E-state index contributed by atoms with van der Waals surface area (Å²) in [6, 6.07) is 8.60. The molecule has 1 aromatic carbocycles. The molecule has 19 heavy (non-hydrogen) atoms. The van der Waals surface area contributed by atoms with Crippen LogP contribution in [0.15, 0.2) is 42.7 Å². The number of hydrogen-bond donors (Lipinski definition) is 1. The van der Waals surface area contributed by atoms with E-state index in [-0.39, 0.29) is 11.9 Å². The predicted molar refractivity (Wildman–Crippen MR) is 75.3 cm³/mol. The molecule has 0 bridgehead atoms. The molecular weight excluding hydrogens is 241 g/mol. The van der Waals surface area contributed by atoms with Gasteiger partial charge in [0, 0.05) is 43.3 Å². The number of rotatable bonds is 4. The minimum Gasteiger partial charge on any atom is -0.370 e. The summed E-state index contributed by atoms with van der Waals surface area (Å²) in [5.41, 5.74) is 8.37. The van der Waals surface area contributed by atoms with Crippen LogP contribution in [0.3, 0.4) is 0 Å². The van der Waals surface area contributed by atoms with E-state index < -0.39 is 0 Å². The first-order chi connectivity index (χ1) is 9.09. The van der Waals surface area contributed by atoms with Crippen molar-refractivity contribution in [2.45, 2.75) is 19.5 Å². The Balaban J connectivity index is 2.29. The summed E-state index contributed by atoms with van der Waals surface area (Å²) in [5, 5.41) is 0. The van der Waals surface area contributed by atoms with Gasteiger partial charge in [-0.25, -0.2) is 4.39 Å². The highest BCUT2D eigenvalue weighted by Gasteiger charge is 2.15. The van der Waals surface area contributed by atoms with Gasteiger partial charge in [-0.15, -0.1) is 0 Å². The number of benzene rings is 1. The van der Waals surface area contributed by atoms with Gasteiger partial charge in [-0.2, -0.15) is 0 Å². The van der Waals surface area contributed by atoms with Crippen LogP contribution in [0.25, 0.3) is 0 Å². The van der Waals surface area contributed by atoms with Gasteiger partial charge in [0.1, 0.15) is 5.82 Å². The van der Waals surface area contributed by atoms with E-state index in [1.54, 1.807) is 25.4 Å². The van der Waals surface area contributed by atoms with Gasteiger partial charge in [0.05, 0.1) is 0 Å². The second-order valence-corrected chi connectivity index (χ2v) is 4.67. The lowest BCUT2D eigenvalue weighted by Gasteiger charge is -2.24. The first-order valence-corrected chi connectivity index (χ1v) is 6.23. The molecule has 1 heterocycles. The van der Waals surface area contributed by atoms with E-state index in [2.05, 4.69) is 4.98 Å². The van der Waals surface area contributed by atoms with Crippen molar-refractivity contribution in [1.82, 2.24) is 4.98 Å². The van der Waals surface area contributed by atoms with Crippen LogP contribution >= 0.6 is 0 Å². The number of nitrogens with two attached hydrogens (primary N) is 1. The zero-order valence-electron chi connectivity index (χ0n) is 11.2. The van der Waals surface area contributed by atoms with Crippen molar-refractivity contribution >= 4 is 5.69 Å². The van der Waals surface area contributed by atoms with Gasteiger partial charge in [0.25, 0.3) is 0 Å². The minimum atomic E-state index is -0.337. The van der Waals surface area contributed by atoms with Gasteiger partial charge in [-0.1, -0.05) is 6.07 Å². The second kappa shape index (κ2) is 5.80. The van der Waals surface area contributed by atoms with Crippen molar-refractivity contribution in [2.75, 3.05) is 11.9 Å². The molecule has 0 fully saturated rings. The summed E-state index contributed by atoms with van der Waals surface area (Å²) < 4.78 is 13.9. The highest BCUT2D eigenvalue weighted by Crippen LogP contribution is 2.27. The molecular formula is C15H18FN3. The smallest absolute Gasteiger partial charge is 0.130 e. The molecule has 0 aliphatic heterocycles. The van der Waals surface area contributed by atoms with Crippen LogP contribution < -0.4 is 10.6 Å². The standard InChI is InChI=1S/C15H18FN3/c1-11(17)15-13(16)4-3-5-14(15)19(2)10-12-6-8-18-9-7-12/h3-9,11H,10,17H2,1-2H3. The van der Waals surface area contributed by atoms with E-state index in [1.807, 2.05) is 30.1 Å². The zero-order chi connectivity index (χ0) is 13.8. The molecule has 0 aliphatic carbocycles. The van der Waals surface area contributed by atoms with E-state index in [9.17, 15) is 4.39 Å². The Morgan fingerprint density at radius 2 is 1.95 bits per heavy atom. The Hall–Kier alpha value is -1.94. The van der Waals surface area contributed by atoms with Gasteiger partial charge in [-0.3, -0.25) is 4.98 Å². The highest BCUT2D eigenvalue weighted by atomic mass is 19.1. The van der Waals surface area contributed by atoms with Crippen LogP contribution in [0.4, 0.5) is 10.1 Å². The van der Waals surface area contributed by atoms with Crippen LogP contribution in [0.2, 0.25) is 0 Å². The summed E-state index contributed by atoms with van der Waals surface area (Å²) in [5.74, 6) is -0.255. The van der Waals surface area contributed by atoms with Gasteiger partial charge in [0.15, 0.2) is 0 Å². The van der Waals surface area contributed by atoms with Crippen molar-refractivity contribution in [2.24, 2.45) is 5.73 Å². The molecule has 0 spiro atoms. The second-order valence-electron chi connectivity index (χ2n) is 4.67.